The lowest BCUT2D eigenvalue weighted by Gasteiger charge is -2.21. The molecule has 1 atom stereocenters. The van der Waals surface area contributed by atoms with Gasteiger partial charge >= 0.3 is 0 Å². The molecule has 1 aromatic rings. The van der Waals surface area contributed by atoms with Gasteiger partial charge in [-0.25, -0.2) is 13.4 Å². The molecular weight excluding hydrogens is 248 g/mol. The van der Waals surface area contributed by atoms with Crippen LogP contribution in [0.5, 0.6) is 0 Å². The summed E-state index contributed by atoms with van der Waals surface area (Å²) < 4.78 is 26.1. The predicted octanol–water partition coefficient (Wildman–Crippen LogP) is 0.597. The number of rotatable bonds is 3. The van der Waals surface area contributed by atoms with Gasteiger partial charge in [-0.1, -0.05) is 0 Å². The molecular formula is C9H14N2O3S2. The van der Waals surface area contributed by atoms with Crippen LogP contribution in [0.4, 0.5) is 0 Å². The standard InChI is InChI=1S/C9H14N2O3S2/c1-7-10-5-9(15-7)16(13,14)11-4-2-3-8(11)6-12/h5,8,12H,2-4,6H2,1H3/t8-/m1/s1. The van der Waals surface area contributed by atoms with E-state index in [1.807, 2.05) is 0 Å². The van der Waals surface area contributed by atoms with E-state index >= 15 is 0 Å². The zero-order valence-electron chi connectivity index (χ0n) is 8.96. The van der Waals surface area contributed by atoms with E-state index in [4.69, 9.17) is 5.11 Å². The van der Waals surface area contributed by atoms with Crippen molar-refractivity contribution in [3.8, 4) is 0 Å². The van der Waals surface area contributed by atoms with E-state index in [9.17, 15) is 8.42 Å². The molecule has 1 saturated heterocycles. The molecule has 16 heavy (non-hydrogen) atoms. The number of aliphatic hydroxyl groups excluding tert-OH is 1. The summed E-state index contributed by atoms with van der Waals surface area (Å²) in [6.45, 7) is 2.15. The Morgan fingerprint density at radius 3 is 3.00 bits per heavy atom. The Morgan fingerprint density at radius 2 is 2.44 bits per heavy atom. The molecule has 1 aromatic heterocycles. The maximum Gasteiger partial charge on any atom is 0.254 e. The Morgan fingerprint density at radius 1 is 1.69 bits per heavy atom. The molecule has 0 saturated carbocycles. The summed E-state index contributed by atoms with van der Waals surface area (Å²) in [4.78, 5) is 3.96. The summed E-state index contributed by atoms with van der Waals surface area (Å²) in [7, 11) is -3.45. The topological polar surface area (TPSA) is 70.5 Å². The minimum absolute atomic E-state index is 0.114. The number of hydrogen-bond donors (Lipinski definition) is 1. The molecule has 0 radical (unpaired) electrons. The van der Waals surface area contributed by atoms with Crippen LogP contribution in [0.25, 0.3) is 0 Å². The van der Waals surface area contributed by atoms with E-state index in [2.05, 4.69) is 4.98 Å². The van der Waals surface area contributed by atoms with E-state index in [0.29, 0.717) is 6.54 Å². The molecule has 0 spiro atoms. The highest BCUT2D eigenvalue weighted by Gasteiger charge is 2.35. The smallest absolute Gasteiger partial charge is 0.254 e. The molecule has 2 heterocycles. The van der Waals surface area contributed by atoms with Gasteiger partial charge < -0.3 is 5.11 Å². The zero-order chi connectivity index (χ0) is 11.8. The molecule has 0 aliphatic carbocycles. The van der Waals surface area contributed by atoms with E-state index in [-0.39, 0.29) is 16.9 Å². The molecule has 5 nitrogen and oxygen atoms in total. The summed E-state index contributed by atoms with van der Waals surface area (Å²) in [5.41, 5.74) is 0. The molecule has 7 heteroatoms. The summed E-state index contributed by atoms with van der Waals surface area (Å²) >= 11 is 1.17. The highest BCUT2D eigenvalue weighted by molar-refractivity contribution is 7.91. The number of thiazole rings is 1. The summed E-state index contributed by atoms with van der Waals surface area (Å²) in [5, 5.41) is 9.87. The van der Waals surface area contributed by atoms with Crippen LogP contribution >= 0.6 is 11.3 Å². The van der Waals surface area contributed by atoms with Gasteiger partial charge in [0.1, 0.15) is 0 Å². The number of hydrogen-bond acceptors (Lipinski definition) is 5. The average Bonchev–Trinajstić information content (AvgIpc) is 2.85. The third-order valence-electron chi connectivity index (χ3n) is 2.70. The van der Waals surface area contributed by atoms with E-state index in [0.717, 1.165) is 17.8 Å². The van der Waals surface area contributed by atoms with Gasteiger partial charge in [0.2, 0.25) is 0 Å². The van der Waals surface area contributed by atoms with Gasteiger partial charge in [-0.15, -0.1) is 11.3 Å². The van der Waals surface area contributed by atoms with Gasteiger partial charge in [0.15, 0.2) is 4.21 Å². The Kier molecular flexibility index (Phi) is 3.29. The summed E-state index contributed by atoms with van der Waals surface area (Å²) in [6, 6.07) is -0.271. The Bertz CT molecular complexity index is 469. The van der Waals surface area contributed by atoms with E-state index in [1.165, 1.54) is 21.8 Å². The van der Waals surface area contributed by atoms with Crippen molar-refractivity contribution in [2.75, 3.05) is 13.2 Å². The van der Waals surface area contributed by atoms with Crippen LogP contribution in [-0.4, -0.2) is 42.0 Å². The minimum Gasteiger partial charge on any atom is -0.395 e. The number of aliphatic hydroxyl groups is 1. The number of aryl methyl sites for hydroxylation is 1. The first kappa shape index (κ1) is 12.0. The maximum atomic E-state index is 12.2. The van der Waals surface area contributed by atoms with E-state index < -0.39 is 10.0 Å². The second-order valence-electron chi connectivity index (χ2n) is 3.79. The average molecular weight is 262 g/mol. The van der Waals surface area contributed by atoms with E-state index in [1.54, 1.807) is 6.92 Å². The Labute approximate surface area is 98.8 Å². The number of sulfonamides is 1. The SMILES string of the molecule is Cc1ncc(S(=O)(=O)N2CCC[C@@H]2CO)s1. The maximum absolute atomic E-state index is 12.2. The normalized spacial score (nSPS) is 22.8. The molecule has 1 aliphatic rings. The van der Waals surface area contributed by atoms with Crippen LogP contribution in [0.1, 0.15) is 17.8 Å². The van der Waals surface area contributed by atoms with Crippen molar-refractivity contribution >= 4 is 21.4 Å². The third-order valence-corrected chi connectivity index (χ3v) is 6.00. The van der Waals surface area contributed by atoms with Crippen LogP contribution in [0.3, 0.4) is 0 Å². The summed E-state index contributed by atoms with van der Waals surface area (Å²) in [5.74, 6) is 0. The molecule has 0 aromatic carbocycles. The lowest BCUT2D eigenvalue weighted by molar-refractivity contribution is 0.213. The largest absolute Gasteiger partial charge is 0.395 e. The van der Waals surface area contributed by atoms with Gasteiger partial charge in [0.25, 0.3) is 10.0 Å². The fourth-order valence-electron chi connectivity index (χ4n) is 1.88. The van der Waals surface area contributed by atoms with Crippen molar-refractivity contribution in [3.63, 3.8) is 0 Å². The van der Waals surface area contributed by atoms with Gasteiger partial charge in [0, 0.05) is 12.6 Å². The first-order chi connectivity index (χ1) is 7.55. The van der Waals surface area contributed by atoms with Crippen LogP contribution in [0.15, 0.2) is 10.4 Å². The number of nitrogens with zero attached hydrogens (tertiary/aromatic N) is 2. The van der Waals surface area contributed by atoms with Gasteiger partial charge in [-0.2, -0.15) is 4.31 Å². The molecule has 2 rings (SSSR count). The predicted molar refractivity (Wildman–Crippen MR) is 60.9 cm³/mol. The van der Waals surface area contributed by atoms with Crippen molar-refractivity contribution in [3.05, 3.63) is 11.2 Å². The quantitative estimate of drug-likeness (QED) is 0.866. The fraction of sp³-hybridized carbons (Fsp3) is 0.667. The first-order valence-corrected chi connectivity index (χ1v) is 7.36. The molecule has 90 valence electrons. The molecule has 1 aliphatic heterocycles. The molecule has 0 bridgehead atoms. The highest BCUT2D eigenvalue weighted by atomic mass is 32.2. The van der Waals surface area contributed by atoms with Crippen LogP contribution in [0, 0.1) is 6.92 Å². The molecule has 1 N–H and O–H groups in total. The van der Waals surface area contributed by atoms with Crippen LogP contribution in [0.2, 0.25) is 0 Å². The van der Waals surface area contributed by atoms with Crippen molar-refractivity contribution in [2.24, 2.45) is 0 Å². The fourth-order valence-corrected chi connectivity index (χ4v) is 4.81. The van der Waals surface area contributed by atoms with Gasteiger partial charge in [-0.3, -0.25) is 0 Å². The monoisotopic (exact) mass is 262 g/mol. The second-order valence-corrected chi connectivity index (χ2v) is 7.14. The van der Waals surface area contributed by atoms with Gasteiger partial charge in [0.05, 0.1) is 17.8 Å². The Balaban J connectivity index is 2.32. The van der Waals surface area contributed by atoms with Crippen molar-refractivity contribution in [1.82, 2.24) is 9.29 Å². The second kappa shape index (κ2) is 4.40. The van der Waals surface area contributed by atoms with Crippen molar-refractivity contribution in [1.29, 1.82) is 0 Å². The Hall–Kier alpha value is -0.500. The lowest BCUT2D eigenvalue weighted by Crippen LogP contribution is -2.37. The molecule has 0 amide bonds. The highest BCUT2D eigenvalue weighted by Crippen LogP contribution is 2.28. The van der Waals surface area contributed by atoms with Crippen LogP contribution in [-0.2, 0) is 10.0 Å². The number of aromatic nitrogens is 1. The summed E-state index contributed by atoms with van der Waals surface area (Å²) in [6.07, 6.45) is 2.93. The van der Waals surface area contributed by atoms with Crippen molar-refractivity contribution < 1.29 is 13.5 Å². The van der Waals surface area contributed by atoms with Gasteiger partial charge in [-0.05, 0) is 19.8 Å². The third kappa shape index (κ3) is 2.00. The van der Waals surface area contributed by atoms with Crippen LogP contribution < -0.4 is 0 Å². The lowest BCUT2D eigenvalue weighted by atomic mass is 10.2. The molecule has 0 unspecified atom stereocenters. The van der Waals surface area contributed by atoms with Crippen molar-refractivity contribution in [2.45, 2.75) is 30.0 Å². The molecule has 1 fully saturated rings. The first-order valence-electron chi connectivity index (χ1n) is 5.11. The minimum atomic E-state index is -3.45. The zero-order valence-corrected chi connectivity index (χ0v) is 10.6.